The number of non-ortho nitro benzene ring substituents is 1. The lowest BCUT2D eigenvalue weighted by atomic mass is 10.1. The number of carbonyl (C=O) groups excluding carboxylic acids is 1. The number of rotatable bonds is 3. The number of carbonyl (C=O) groups is 1. The Morgan fingerprint density at radius 2 is 2.20 bits per heavy atom. The molecule has 0 aromatic heterocycles. The fourth-order valence-electron chi connectivity index (χ4n) is 1.01. The molecular formula is C8H6ClFN2O3. The molecule has 2 N–H and O–H groups in total. The first-order chi connectivity index (χ1) is 6.97. The van der Waals surface area contributed by atoms with E-state index in [4.69, 9.17) is 17.3 Å². The van der Waals surface area contributed by atoms with Crippen molar-refractivity contribution in [2.75, 3.05) is 11.6 Å². The lowest BCUT2D eigenvalue weighted by molar-refractivity contribution is -0.384. The van der Waals surface area contributed by atoms with Gasteiger partial charge in [-0.05, 0) is 0 Å². The Balaban J connectivity index is 3.37. The van der Waals surface area contributed by atoms with Crippen molar-refractivity contribution < 1.29 is 14.1 Å². The third-order valence-corrected chi connectivity index (χ3v) is 1.96. The van der Waals surface area contributed by atoms with Crippen molar-refractivity contribution in [3.8, 4) is 0 Å². The van der Waals surface area contributed by atoms with E-state index in [2.05, 4.69) is 0 Å². The minimum absolute atomic E-state index is 0.442. The Bertz CT molecular complexity index is 436. The smallest absolute Gasteiger partial charge is 0.272 e. The molecule has 0 amide bonds. The van der Waals surface area contributed by atoms with Crippen LogP contribution in [0.2, 0.25) is 0 Å². The third kappa shape index (κ3) is 2.21. The number of nitro benzene ring substituents is 1. The van der Waals surface area contributed by atoms with Gasteiger partial charge in [-0.1, -0.05) is 0 Å². The Morgan fingerprint density at radius 1 is 1.60 bits per heavy atom. The monoisotopic (exact) mass is 232 g/mol. The first-order valence-electron chi connectivity index (χ1n) is 3.80. The Morgan fingerprint density at radius 3 is 2.67 bits per heavy atom. The van der Waals surface area contributed by atoms with Gasteiger partial charge >= 0.3 is 0 Å². The van der Waals surface area contributed by atoms with Gasteiger partial charge in [0.2, 0.25) is 0 Å². The summed E-state index contributed by atoms with van der Waals surface area (Å²) >= 11 is 5.22. The molecule has 7 heteroatoms. The van der Waals surface area contributed by atoms with Gasteiger partial charge in [0.1, 0.15) is 0 Å². The second-order valence-corrected chi connectivity index (χ2v) is 2.98. The van der Waals surface area contributed by atoms with Crippen LogP contribution in [-0.2, 0) is 0 Å². The molecule has 0 atom stereocenters. The maximum atomic E-state index is 13.3. The van der Waals surface area contributed by atoms with Crippen LogP contribution >= 0.6 is 11.6 Å². The fraction of sp³-hybridized carbons (Fsp3) is 0.125. The highest BCUT2D eigenvalue weighted by Gasteiger charge is 2.19. The Hall–Kier alpha value is -1.69. The average molecular weight is 233 g/mol. The molecule has 5 nitrogen and oxygen atoms in total. The second kappa shape index (κ2) is 4.22. The van der Waals surface area contributed by atoms with Crippen molar-refractivity contribution in [3.05, 3.63) is 33.6 Å². The number of nitrogens with two attached hydrogens (primary N) is 1. The molecule has 1 aromatic rings. The molecule has 0 saturated heterocycles. The number of nitrogen functional groups attached to an aromatic ring is 1. The maximum Gasteiger partial charge on any atom is 0.272 e. The van der Waals surface area contributed by atoms with Gasteiger partial charge in [0.25, 0.3) is 5.69 Å². The van der Waals surface area contributed by atoms with E-state index in [0.29, 0.717) is 0 Å². The molecule has 0 unspecified atom stereocenters. The summed E-state index contributed by atoms with van der Waals surface area (Å²) in [6.07, 6.45) is 0. The quantitative estimate of drug-likeness (QED) is 0.283. The molecular weight excluding hydrogens is 227 g/mol. The van der Waals surface area contributed by atoms with Crippen molar-refractivity contribution in [1.29, 1.82) is 0 Å². The standard InChI is InChI=1S/C8H6ClFN2O3/c9-3-7(13)5-1-4(12(14)15)2-6(11)8(5)10/h1-2H,3,11H2. The van der Waals surface area contributed by atoms with Gasteiger partial charge in [0.05, 0.1) is 22.1 Å². The summed E-state index contributed by atoms with van der Waals surface area (Å²) in [6.45, 7) is 0. The van der Waals surface area contributed by atoms with E-state index in [0.717, 1.165) is 12.1 Å². The molecule has 0 spiro atoms. The van der Waals surface area contributed by atoms with Crippen LogP contribution in [0.4, 0.5) is 15.8 Å². The highest BCUT2D eigenvalue weighted by atomic mass is 35.5. The molecule has 80 valence electrons. The van der Waals surface area contributed by atoms with Crippen molar-refractivity contribution >= 4 is 28.8 Å². The van der Waals surface area contributed by atoms with E-state index < -0.39 is 39.3 Å². The second-order valence-electron chi connectivity index (χ2n) is 2.71. The predicted molar refractivity (Wildman–Crippen MR) is 52.5 cm³/mol. The molecule has 15 heavy (non-hydrogen) atoms. The minimum atomic E-state index is -0.980. The number of hydrogen-bond donors (Lipinski definition) is 1. The van der Waals surface area contributed by atoms with Crippen LogP contribution in [0.1, 0.15) is 10.4 Å². The molecule has 0 fully saturated rings. The third-order valence-electron chi connectivity index (χ3n) is 1.72. The zero-order chi connectivity index (χ0) is 11.6. The summed E-state index contributed by atoms with van der Waals surface area (Å²) in [7, 11) is 0. The lowest BCUT2D eigenvalue weighted by Gasteiger charge is -2.02. The molecule has 1 aromatic carbocycles. The lowest BCUT2D eigenvalue weighted by Crippen LogP contribution is -2.07. The normalized spacial score (nSPS) is 10.0. The van der Waals surface area contributed by atoms with E-state index in [1.54, 1.807) is 0 Å². The number of nitrogens with zero attached hydrogens (tertiary/aromatic N) is 1. The van der Waals surface area contributed by atoms with E-state index >= 15 is 0 Å². The summed E-state index contributed by atoms with van der Waals surface area (Å²) < 4.78 is 13.3. The van der Waals surface area contributed by atoms with E-state index in [1.165, 1.54) is 0 Å². The molecule has 0 aliphatic carbocycles. The minimum Gasteiger partial charge on any atom is -0.396 e. The molecule has 0 aliphatic heterocycles. The van der Waals surface area contributed by atoms with Crippen molar-refractivity contribution in [2.24, 2.45) is 0 Å². The molecule has 0 heterocycles. The van der Waals surface area contributed by atoms with E-state index in [9.17, 15) is 19.3 Å². The van der Waals surface area contributed by atoms with Gasteiger partial charge < -0.3 is 5.73 Å². The molecule has 0 radical (unpaired) electrons. The van der Waals surface area contributed by atoms with Crippen molar-refractivity contribution in [3.63, 3.8) is 0 Å². The number of anilines is 1. The zero-order valence-corrected chi connectivity index (χ0v) is 8.12. The van der Waals surface area contributed by atoms with Gasteiger partial charge in [-0.2, -0.15) is 0 Å². The van der Waals surface area contributed by atoms with Crippen molar-refractivity contribution in [1.82, 2.24) is 0 Å². The van der Waals surface area contributed by atoms with Crippen LogP contribution in [0.15, 0.2) is 12.1 Å². The largest absolute Gasteiger partial charge is 0.396 e. The molecule has 1 rings (SSSR count). The SMILES string of the molecule is Nc1cc([N+](=O)[O-])cc(C(=O)CCl)c1F. The fourth-order valence-corrected chi connectivity index (χ4v) is 1.16. The molecule has 0 aliphatic rings. The number of ketones is 1. The van der Waals surface area contributed by atoms with Crippen LogP contribution in [0, 0.1) is 15.9 Å². The maximum absolute atomic E-state index is 13.3. The predicted octanol–water partition coefficient (Wildman–Crippen LogP) is 1.74. The van der Waals surface area contributed by atoms with Crippen LogP contribution in [0.3, 0.4) is 0 Å². The molecule has 0 bridgehead atoms. The summed E-state index contributed by atoms with van der Waals surface area (Å²) in [4.78, 5) is 20.8. The van der Waals surface area contributed by atoms with E-state index in [1.807, 2.05) is 0 Å². The number of Topliss-reactive ketones (excluding diaryl/α,β-unsaturated/α-hetero) is 1. The Labute approximate surface area is 88.8 Å². The summed E-state index contributed by atoms with van der Waals surface area (Å²) in [5.41, 5.74) is 3.83. The summed E-state index contributed by atoms with van der Waals surface area (Å²) in [6, 6.07) is 1.66. The average Bonchev–Trinajstić information content (AvgIpc) is 2.20. The van der Waals surface area contributed by atoms with E-state index in [-0.39, 0.29) is 0 Å². The van der Waals surface area contributed by atoms with Crippen LogP contribution in [0.25, 0.3) is 0 Å². The van der Waals surface area contributed by atoms with Crippen LogP contribution in [0.5, 0.6) is 0 Å². The first-order valence-corrected chi connectivity index (χ1v) is 4.33. The highest BCUT2D eigenvalue weighted by molar-refractivity contribution is 6.30. The van der Waals surface area contributed by atoms with Crippen molar-refractivity contribution in [2.45, 2.75) is 0 Å². The number of hydrogen-bond acceptors (Lipinski definition) is 4. The van der Waals surface area contributed by atoms with Gasteiger partial charge in [-0.3, -0.25) is 14.9 Å². The van der Waals surface area contributed by atoms with Gasteiger partial charge in [0.15, 0.2) is 11.6 Å². The number of benzene rings is 1. The molecule has 0 saturated carbocycles. The van der Waals surface area contributed by atoms with Crippen LogP contribution < -0.4 is 5.73 Å². The summed E-state index contributed by atoms with van der Waals surface area (Å²) in [5, 5.41) is 10.4. The zero-order valence-electron chi connectivity index (χ0n) is 7.37. The van der Waals surface area contributed by atoms with Gasteiger partial charge in [-0.25, -0.2) is 4.39 Å². The topological polar surface area (TPSA) is 86.2 Å². The Kier molecular flexibility index (Phi) is 3.21. The summed E-state index contributed by atoms with van der Waals surface area (Å²) in [5.74, 6) is -2.19. The number of nitro groups is 1. The highest BCUT2D eigenvalue weighted by Crippen LogP contribution is 2.23. The number of alkyl halides is 1. The number of halogens is 2. The van der Waals surface area contributed by atoms with Crippen LogP contribution in [-0.4, -0.2) is 16.6 Å². The first kappa shape index (κ1) is 11.4. The van der Waals surface area contributed by atoms with Gasteiger partial charge in [-0.15, -0.1) is 11.6 Å². The van der Waals surface area contributed by atoms with Gasteiger partial charge in [0, 0.05) is 12.1 Å².